The van der Waals surface area contributed by atoms with Gasteiger partial charge in [0.25, 0.3) is 0 Å². The highest BCUT2D eigenvalue weighted by Crippen LogP contribution is 2.15. The van der Waals surface area contributed by atoms with Crippen molar-refractivity contribution in [3.63, 3.8) is 0 Å². The highest BCUT2D eigenvalue weighted by Gasteiger charge is 2.09. The van der Waals surface area contributed by atoms with Gasteiger partial charge in [-0.2, -0.15) is 5.26 Å². The van der Waals surface area contributed by atoms with Crippen LogP contribution in [0, 0.1) is 18.3 Å². The van der Waals surface area contributed by atoms with Crippen LogP contribution in [0.1, 0.15) is 11.1 Å². The van der Waals surface area contributed by atoms with Crippen LogP contribution in [-0.4, -0.2) is 27.5 Å². The monoisotopic (exact) mass is 385 g/mol. The van der Waals surface area contributed by atoms with Gasteiger partial charge in [-0.05, 0) is 42.8 Å². The number of amides is 1. The van der Waals surface area contributed by atoms with Crippen LogP contribution in [-0.2, 0) is 14.8 Å². The number of hydrogen-bond donors (Lipinski definition) is 2. The largest absolute Gasteiger partial charge is 0.479 e. The highest BCUT2D eigenvalue weighted by molar-refractivity contribution is 7.92. The van der Waals surface area contributed by atoms with Gasteiger partial charge < -0.3 is 10.1 Å². The number of nitrogens with zero attached hydrogens (tertiary/aromatic N) is 1. The Morgan fingerprint density at radius 3 is 2.44 bits per heavy atom. The number of sulfonamides is 1. The van der Waals surface area contributed by atoms with Crippen LogP contribution < -0.4 is 14.8 Å². The van der Waals surface area contributed by atoms with Crippen molar-refractivity contribution < 1.29 is 17.9 Å². The number of carbonyl (C=O) groups is 1. The summed E-state index contributed by atoms with van der Waals surface area (Å²) in [7, 11) is -3.74. The fourth-order valence-electron chi connectivity index (χ4n) is 2.02. The molecule has 0 aliphatic heterocycles. The third kappa shape index (κ3) is 7.32. The van der Waals surface area contributed by atoms with Gasteiger partial charge >= 0.3 is 0 Å². The quantitative estimate of drug-likeness (QED) is 0.725. The Kier molecular flexibility index (Phi) is 7.11. The number of nitrogens with one attached hydrogen (secondary N) is 2. The summed E-state index contributed by atoms with van der Waals surface area (Å²) in [6, 6.07) is 15.6. The molecule has 0 aliphatic carbocycles. The van der Waals surface area contributed by atoms with Gasteiger partial charge in [-0.3, -0.25) is 4.79 Å². The van der Waals surface area contributed by atoms with Crippen molar-refractivity contribution in [2.24, 2.45) is 0 Å². The zero-order valence-corrected chi connectivity index (χ0v) is 15.5. The van der Waals surface area contributed by atoms with E-state index < -0.39 is 22.5 Å². The fraction of sp³-hybridized carbons (Fsp3) is 0.158. The molecule has 0 spiro atoms. The van der Waals surface area contributed by atoms with Crippen molar-refractivity contribution in [2.75, 3.05) is 18.5 Å². The number of benzene rings is 2. The SMILES string of the molecule is Cc1ccc(/C=C/S(=O)(=O)NCC(=O)Nc2ccc(OCC#N)cc2)cc1. The van der Waals surface area contributed by atoms with Gasteiger partial charge in [-0.15, -0.1) is 0 Å². The average molecular weight is 385 g/mol. The summed E-state index contributed by atoms with van der Waals surface area (Å²) in [5.41, 5.74) is 2.31. The summed E-state index contributed by atoms with van der Waals surface area (Å²) in [5.74, 6) is -0.00972. The van der Waals surface area contributed by atoms with Crippen molar-refractivity contribution in [3.05, 3.63) is 65.1 Å². The first-order valence-electron chi connectivity index (χ1n) is 8.02. The summed E-state index contributed by atoms with van der Waals surface area (Å²) in [4.78, 5) is 11.9. The lowest BCUT2D eigenvalue weighted by atomic mass is 10.2. The molecule has 0 aromatic heterocycles. The van der Waals surface area contributed by atoms with Gasteiger partial charge in [-0.1, -0.05) is 29.8 Å². The minimum Gasteiger partial charge on any atom is -0.479 e. The second-order valence-electron chi connectivity index (χ2n) is 5.60. The molecule has 0 radical (unpaired) electrons. The molecule has 8 heteroatoms. The van der Waals surface area contributed by atoms with Crippen LogP contribution in [0.2, 0.25) is 0 Å². The Hall–Kier alpha value is -3.15. The Balaban J connectivity index is 1.84. The maximum atomic E-state index is 12.0. The number of aryl methyl sites for hydroxylation is 1. The Morgan fingerprint density at radius 2 is 1.81 bits per heavy atom. The summed E-state index contributed by atoms with van der Waals surface area (Å²) >= 11 is 0. The Bertz CT molecular complexity index is 944. The predicted molar refractivity (Wildman–Crippen MR) is 103 cm³/mol. The standard InChI is InChI=1S/C19H19N3O4S/c1-15-2-4-16(5-3-15)10-13-27(24,25)21-14-19(23)22-17-6-8-18(9-7-17)26-12-11-20/h2-10,13,21H,12,14H2,1H3,(H,22,23)/b13-10+. The predicted octanol–water partition coefficient (Wildman–Crippen LogP) is 2.43. The molecule has 27 heavy (non-hydrogen) atoms. The van der Waals surface area contributed by atoms with Gasteiger partial charge in [0.15, 0.2) is 6.61 Å². The zero-order valence-electron chi connectivity index (χ0n) is 14.7. The molecule has 2 aromatic rings. The van der Waals surface area contributed by atoms with E-state index in [0.717, 1.165) is 16.5 Å². The van der Waals surface area contributed by atoms with Crippen LogP contribution in [0.25, 0.3) is 6.08 Å². The molecule has 0 fully saturated rings. The molecule has 0 saturated heterocycles. The molecular formula is C19H19N3O4S. The zero-order chi connectivity index (χ0) is 19.7. The van der Waals surface area contributed by atoms with Crippen molar-refractivity contribution in [3.8, 4) is 11.8 Å². The summed E-state index contributed by atoms with van der Waals surface area (Å²) in [6.45, 7) is 1.48. The highest BCUT2D eigenvalue weighted by atomic mass is 32.2. The minimum atomic E-state index is -3.74. The average Bonchev–Trinajstić information content (AvgIpc) is 2.66. The van der Waals surface area contributed by atoms with E-state index in [-0.39, 0.29) is 6.61 Å². The first-order chi connectivity index (χ1) is 12.9. The normalized spacial score (nSPS) is 11.1. The molecule has 0 heterocycles. The third-order valence-electron chi connectivity index (χ3n) is 3.39. The van der Waals surface area contributed by atoms with Gasteiger partial charge in [-0.25, -0.2) is 13.1 Å². The molecule has 2 rings (SSSR count). The van der Waals surface area contributed by atoms with E-state index in [1.165, 1.54) is 6.08 Å². The molecule has 0 atom stereocenters. The molecule has 0 bridgehead atoms. The number of hydrogen-bond acceptors (Lipinski definition) is 5. The third-order valence-corrected chi connectivity index (χ3v) is 4.43. The van der Waals surface area contributed by atoms with E-state index in [0.29, 0.717) is 11.4 Å². The molecule has 0 unspecified atom stereocenters. The molecule has 1 amide bonds. The van der Waals surface area contributed by atoms with Gasteiger partial charge in [0, 0.05) is 11.1 Å². The van der Waals surface area contributed by atoms with E-state index in [1.54, 1.807) is 36.4 Å². The molecule has 140 valence electrons. The smallest absolute Gasteiger partial charge is 0.239 e. The van der Waals surface area contributed by atoms with E-state index in [1.807, 2.05) is 25.1 Å². The Morgan fingerprint density at radius 1 is 1.15 bits per heavy atom. The maximum Gasteiger partial charge on any atom is 0.239 e. The maximum absolute atomic E-state index is 12.0. The van der Waals surface area contributed by atoms with Crippen LogP contribution in [0.5, 0.6) is 5.75 Å². The number of rotatable bonds is 8. The van der Waals surface area contributed by atoms with Crippen molar-refractivity contribution in [2.45, 2.75) is 6.92 Å². The van der Waals surface area contributed by atoms with Gasteiger partial charge in [0.2, 0.25) is 15.9 Å². The first-order valence-corrected chi connectivity index (χ1v) is 9.57. The lowest BCUT2D eigenvalue weighted by Crippen LogP contribution is -2.31. The molecule has 2 N–H and O–H groups in total. The van der Waals surface area contributed by atoms with Crippen LogP contribution in [0.15, 0.2) is 53.9 Å². The van der Waals surface area contributed by atoms with E-state index in [9.17, 15) is 13.2 Å². The number of carbonyl (C=O) groups excluding carboxylic acids is 1. The molecular weight excluding hydrogens is 366 g/mol. The van der Waals surface area contributed by atoms with Gasteiger partial charge in [0.1, 0.15) is 11.8 Å². The van der Waals surface area contributed by atoms with E-state index >= 15 is 0 Å². The number of nitriles is 1. The van der Waals surface area contributed by atoms with Crippen molar-refractivity contribution in [1.29, 1.82) is 5.26 Å². The summed E-state index contributed by atoms with van der Waals surface area (Å²) in [5, 5.41) is 12.0. The minimum absolute atomic E-state index is 0.0659. The van der Waals surface area contributed by atoms with Crippen LogP contribution >= 0.6 is 0 Å². The van der Waals surface area contributed by atoms with Crippen LogP contribution in [0.3, 0.4) is 0 Å². The van der Waals surface area contributed by atoms with Crippen molar-refractivity contribution >= 4 is 27.7 Å². The second kappa shape index (κ2) is 9.52. The lowest BCUT2D eigenvalue weighted by Gasteiger charge is -2.07. The van der Waals surface area contributed by atoms with E-state index in [2.05, 4.69) is 10.0 Å². The topological polar surface area (TPSA) is 108 Å². The molecule has 0 aliphatic rings. The number of anilines is 1. The summed E-state index contributed by atoms with van der Waals surface area (Å²) in [6.07, 6.45) is 1.46. The van der Waals surface area contributed by atoms with Gasteiger partial charge in [0.05, 0.1) is 6.54 Å². The number of ether oxygens (including phenoxy) is 1. The summed E-state index contributed by atoms with van der Waals surface area (Å²) < 4.78 is 31.2. The fourth-order valence-corrected chi connectivity index (χ4v) is 2.78. The van der Waals surface area contributed by atoms with E-state index in [4.69, 9.17) is 10.00 Å². The molecule has 0 saturated carbocycles. The molecule has 2 aromatic carbocycles. The lowest BCUT2D eigenvalue weighted by molar-refractivity contribution is -0.115. The first kappa shape index (κ1) is 20.2. The van der Waals surface area contributed by atoms with Crippen molar-refractivity contribution in [1.82, 2.24) is 4.72 Å². The Labute approximate surface area is 158 Å². The second-order valence-corrected chi connectivity index (χ2v) is 7.25. The van der Waals surface area contributed by atoms with Crippen LogP contribution in [0.4, 0.5) is 5.69 Å². The molecule has 7 nitrogen and oxygen atoms in total.